The Kier molecular flexibility index (Phi) is 6.67. The van der Waals surface area contributed by atoms with E-state index in [0.717, 1.165) is 46.1 Å². The smallest absolute Gasteiger partial charge is 0.222 e. The zero-order chi connectivity index (χ0) is 22.7. The molecule has 0 aliphatic heterocycles. The van der Waals surface area contributed by atoms with Gasteiger partial charge in [0.2, 0.25) is 5.28 Å². The molecule has 4 rings (SSSR count). The topological polar surface area (TPSA) is 55.7 Å². The van der Waals surface area contributed by atoms with Gasteiger partial charge in [0.25, 0.3) is 0 Å². The van der Waals surface area contributed by atoms with Gasteiger partial charge in [0.1, 0.15) is 11.6 Å². The number of carbonyl (C=O) groups excluding carboxylic acids is 1. The van der Waals surface area contributed by atoms with Crippen LogP contribution in [0.4, 0.5) is 8.78 Å². The minimum atomic E-state index is -0.863. The zero-order valence-electron chi connectivity index (χ0n) is 17.1. The van der Waals surface area contributed by atoms with Gasteiger partial charge in [0.15, 0.2) is 5.78 Å². The van der Waals surface area contributed by atoms with Crippen LogP contribution in [0.15, 0.2) is 54.7 Å². The molecule has 0 radical (unpaired) electrons. The molecule has 4 aromatic rings. The second-order valence-corrected chi connectivity index (χ2v) is 8.56. The maximum atomic E-state index is 14.0. The maximum Gasteiger partial charge on any atom is 0.222 e. The lowest BCUT2D eigenvalue weighted by Gasteiger charge is -2.07. The molecule has 0 saturated carbocycles. The van der Waals surface area contributed by atoms with Gasteiger partial charge in [-0.3, -0.25) is 4.79 Å². The fourth-order valence-corrected chi connectivity index (χ4v) is 4.69. The molecule has 0 bridgehead atoms. The SMILES string of the molecule is CCCc1nc(-c2cccc(CC(=O)c3c(F)cccc3F)c2)c(-c2ccnc(Cl)n2)s1. The van der Waals surface area contributed by atoms with E-state index in [1.165, 1.54) is 17.4 Å². The van der Waals surface area contributed by atoms with Crippen molar-refractivity contribution in [2.24, 2.45) is 0 Å². The van der Waals surface area contributed by atoms with E-state index in [1.54, 1.807) is 24.4 Å². The van der Waals surface area contributed by atoms with Crippen LogP contribution in [0.3, 0.4) is 0 Å². The lowest BCUT2D eigenvalue weighted by atomic mass is 9.99. The Morgan fingerprint density at radius 2 is 1.81 bits per heavy atom. The highest BCUT2D eigenvalue weighted by Crippen LogP contribution is 2.37. The molecule has 32 heavy (non-hydrogen) atoms. The fraction of sp³-hybridized carbons (Fsp3) is 0.167. The largest absolute Gasteiger partial charge is 0.294 e. The quantitative estimate of drug-likeness (QED) is 0.227. The Labute approximate surface area is 193 Å². The Bertz CT molecular complexity index is 1270. The standard InChI is InChI=1S/C24H18ClF2N3OS/c1-2-5-20-30-22(23(32-20)18-10-11-28-24(25)29-18)15-7-3-6-14(12-15)13-19(31)21-16(26)8-4-9-17(21)27/h3-4,6-12H,2,5,13H2,1H3. The highest BCUT2D eigenvalue weighted by molar-refractivity contribution is 7.15. The van der Waals surface area contributed by atoms with Crippen molar-refractivity contribution in [3.8, 4) is 21.8 Å². The molecule has 4 nitrogen and oxygen atoms in total. The van der Waals surface area contributed by atoms with E-state index in [4.69, 9.17) is 16.6 Å². The molecular formula is C24H18ClF2N3OS. The van der Waals surface area contributed by atoms with Crippen LogP contribution in [0, 0.1) is 11.6 Å². The zero-order valence-corrected chi connectivity index (χ0v) is 18.7. The number of nitrogens with zero attached hydrogens (tertiary/aromatic N) is 3. The first kappa shape index (κ1) is 22.2. The third-order valence-electron chi connectivity index (χ3n) is 4.80. The molecule has 8 heteroatoms. The molecule has 0 atom stereocenters. The van der Waals surface area contributed by atoms with Crippen molar-refractivity contribution >= 4 is 28.7 Å². The van der Waals surface area contributed by atoms with E-state index in [9.17, 15) is 13.6 Å². The second kappa shape index (κ2) is 9.63. The van der Waals surface area contributed by atoms with Crippen LogP contribution in [0.5, 0.6) is 0 Å². The summed E-state index contributed by atoms with van der Waals surface area (Å²) in [5, 5.41) is 1.10. The van der Waals surface area contributed by atoms with E-state index in [1.807, 2.05) is 12.1 Å². The first-order valence-corrected chi connectivity index (χ1v) is 11.2. The van der Waals surface area contributed by atoms with Crippen LogP contribution in [0.25, 0.3) is 21.8 Å². The molecule has 2 aromatic heterocycles. The molecular weight excluding hydrogens is 452 g/mol. The van der Waals surface area contributed by atoms with Crippen molar-refractivity contribution in [1.82, 2.24) is 15.0 Å². The van der Waals surface area contributed by atoms with Crippen LogP contribution in [0.2, 0.25) is 5.28 Å². The molecule has 0 spiro atoms. The van der Waals surface area contributed by atoms with E-state index in [2.05, 4.69) is 16.9 Å². The molecule has 162 valence electrons. The van der Waals surface area contributed by atoms with Gasteiger partial charge < -0.3 is 0 Å². The summed E-state index contributed by atoms with van der Waals surface area (Å²) in [5.41, 5.74) is 2.28. The number of rotatable bonds is 7. The summed E-state index contributed by atoms with van der Waals surface area (Å²) >= 11 is 7.53. The van der Waals surface area contributed by atoms with E-state index >= 15 is 0 Å². The molecule has 0 aliphatic rings. The second-order valence-electron chi connectivity index (χ2n) is 7.14. The van der Waals surface area contributed by atoms with Crippen LogP contribution >= 0.6 is 22.9 Å². The number of Topliss-reactive ketones (excluding diaryl/α,β-unsaturated/α-hetero) is 1. The van der Waals surface area contributed by atoms with Gasteiger partial charge in [-0.15, -0.1) is 11.3 Å². The molecule has 2 heterocycles. The number of hydrogen-bond donors (Lipinski definition) is 0. The van der Waals surface area contributed by atoms with Gasteiger partial charge in [-0.05, 0) is 54.3 Å². The van der Waals surface area contributed by atoms with Crippen molar-refractivity contribution in [1.29, 1.82) is 0 Å². The maximum absolute atomic E-state index is 14.0. The molecule has 0 amide bonds. The summed E-state index contributed by atoms with van der Waals surface area (Å²) in [6.07, 6.45) is 3.22. The predicted molar refractivity (Wildman–Crippen MR) is 122 cm³/mol. The Balaban J connectivity index is 1.71. The summed E-state index contributed by atoms with van der Waals surface area (Å²) < 4.78 is 28.0. The number of halogens is 3. The number of ketones is 1. The molecule has 2 aromatic carbocycles. The first-order chi connectivity index (χ1) is 15.5. The molecule has 0 unspecified atom stereocenters. The van der Waals surface area contributed by atoms with Crippen LogP contribution < -0.4 is 0 Å². The highest BCUT2D eigenvalue weighted by Gasteiger charge is 2.19. The minimum Gasteiger partial charge on any atom is -0.294 e. The summed E-state index contributed by atoms with van der Waals surface area (Å²) in [4.78, 5) is 26.5. The van der Waals surface area contributed by atoms with Crippen LogP contribution in [-0.4, -0.2) is 20.7 Å². The number of hydrogen-bond acceptors (Lipinski definition) is 5. The minimum absolute atomic E-state index is 0.133. The Hall–Kier alpha value is -3.03. The number of thiazole rings is 1. The average Bonchev–Trinajstić information content (AvgIpc) is 3.18. The fourth-order valence-electron chi connectivity index (χ4n) is 3.38. The first-order valence-electron chi connectivity index (χ1n) is 10.0. The molecule has 0 fully saturated rings. The number of benzene rings is 2. The van der Waals surface area contributed by atoms with Gasteiger partial charge in [0.05, 0.1) is 26.8 Å². The van der Waals surface area contributed by atoms with Gasteiger partial charge >= 0.3 is 0 Å². The van der Waals surface area contributed by atoms with Gasteiger partial charge in [-0.2, -0.15) is 0 Å². The molecule has 0 saturated heterocycles. The van der Waals surface area contributed by atoms with Crippen molar-refractivity contribution in [3.05, 3.63) is 87.8 Å². The predicted octanol–water partition coefficient (Wildman–Crippen LogP) is 6.58. The number of aryl methyl sites for hydroxylation is 1. The molecule has 0 N–H and O–H groups in total. The summed E-state index contributed by atoms with van der Waals surface area (Å²) in [5.74, 6) is -2.35. The average molecular weight is 470 g/mol. The van der Waals surface area contributed by atoms with E-state index in [0.29, 0.717) is 11.3 Å². The van der Waals surface area contributed by atoms with E-state index in [-0.39, 0.29) is 11.7 Å². The molecule has 0 aliphatic carbocycles. The van der Waals surface area contributed by atoms with Crippen LogP contribution in [-0.2, 0) is 12.8 Å². The van der Waals surface area contributed by atoms with Gasteiger partial charge in [-0.1, -0.05) is 31.2 Å². The normalized spacial score (nSPS) is 11.0. The monoisotopic (exact) mass is 469 g/mol. The number of carbonyl (C=O) groups is 1. The Morgan fingerprint density at radius 3 is 2.53 bits per heavy atom. The van der Waals surface area contributed by atoms with Crippen molar-refractivity contribution < 1.29 is 13.6 Å². The lowest BCUT2D eigenvalue weighted by Crippen LogP contribution is -2.09. The van der Waals surface area contributed by atoms with E-state index < -0.39 is 23.0 Å². The summed E-state index contributed by atoms with van der Waals surface area (Å²) in [7, 11) is 0. The van der Waals surface area contributed by atoms with Gasteiger partial charge in [0, 0.05) is 18.2 Å². The summed E-state index contributed by atoms with van der Waals surface area (Å²) in [6, 6.07) is 12.4. The Morgan fingerprint density at radius 1 is 1.06 bits per heavy atom. The van der Waals surface area contributed by atoms with Crippen molar-refractivity contribution in [2.75, 3.05) is 0 Å². The van der Waals surface area contributed by atoms with Crippen molar-refractivity contribution in [2.45, 2.75) is 26.2 Å². The van der Waals surface area contributed by atoms with Crippen LogP contribution in [0.1, 0.15) is 34.3 Å². The van der Waals surface area contributed by atoms with Crippen molar-refractivity contribution in [3.63, 3.8) is 0 Å². The third-order valence-corrected chi connectivity index (χ3v) is 6.12. The number of aromatic nitrogens is 3. The lowest BCUT2D eigenvalue weighted by molar-refractivity contribution is 0.0985. The van der Waals surface area contributed by atoms with Gasteiger partial charge in [-0.25, -0.2) is 23.7 Å². The third kappa shape index (κ3) is 4.74. The highest BCUT2D eigenvalue weighted by atomic mass is 35.5. The summed E-state index contributed by atoms with van der Waals surface area (Å²) in [6.45, 7) is 2.08.